The van der Waals surface area contributed by atoms with Gasteiger partial charge in [-0.3, -0.25) is 37.3 Å². The summed E-state index contributed by atoms with van der Waals surface area (Å²) in [5.41, 5.74) is 0. The highest BCUT2D eigenvalue weighted by atomic mass is 31.2. The number of carbonyl (C=O) groups is 4. The number of aliphatic hydroxyl groups is 1. The van der Waals surface area contributed by atoms with E-state index < -0.39 is 97.5 Å². The number of hydrogen-bond acceptors (Lipinski definition) is 15. The number of carbonyl (C=O) groups excluding carboxylic acids is 4. The van der Waals surface area contributed by atoms with Crippen molar-refractivity contribution in [3.05, 3.63) is 24.3 Å². The third-order valence-corrected chi connectivity index (χ3v) is 19.8. The molecule has 0 aliphatic heterocycles. The van der Waals surface area contributed by atoms with Crippen LogP contribution in [0.5, 0.6) is 0 Å². The van der Waals surface area contributed by atoms with Gasteiger partial charge in [0.2, 0.25) is 0 Å². The maximum atomic E-state index is 13.1. The summed E-state index contributed by atoms with van der Waals surface area (Å²) in [6.07, 6.45) is 57.7. The molecular formula is C78H148O17P2. The van der Waals surface area contributed by atoms with Gasteiger partial charge in [0.15, 0.2) is 12.2 Å². The van der Waals surface area contributed by atoms with Crippen LogP contribution in [0.2, 0.25) is 0 Å². The fourth-order valence-electron chi connectivity index (χ4n) is 11.4. The number of esters is 4. The van der Waals surface area contributed by atoms with Crippen molar-refractivity contribution in [2.24, 2.45) is 17.8 Å². The molecule has 0 heterocycles. The van der Waals surface area contributed by atoms with Crippen LogP contribution < -0.4 is 0 Å². The van der Waals surface area contributed by atoms with Crippen LogP contribution >= 0.6 is 15.6 Å². The summed E-state index contributed by atoms with van der Waals surface area (Å²) in [5, 5.41) is 10.6. The summed E-state index contributed by atoms with van der Waals surface area (Å²) in [5.74, 6) is 0.161. The lowest BCUT2D eigenvalue weighted by molar-refractivity contribution is -0.161. The Morgan fingerprint density at radius 1 is 0.340 bits per heavy atom. The Morgan fingerprint density at radius 3 is 0.918 bits per heavy atom. The Labute approximate surface area is 592 Å². The molecule has 0 bridgehead atoms. The van der Waals surface area contributed by atoms with Gasteiger partial charge >= 0.3 is 39.5 Å². The molecule has 0 rings (SSSR count). The van der Waals surface area contributed by atoms with Crippen LogP contribution in [0.4, 0.5) is 0 Å². The van der Waals surface area contributed by atoms with Crippen molar-refractivity contribution in [3.63, 3.8) is 0 Å². The molecule has 17 nitrogen and oxygen atoms in total. The minimum Gasteiger partial charge on any atom is -0.462 e. The van der Waals surface area contributed by atoms with Crippen LogP contribution in [-0.4, -0.2) is 96.7 Å². The van der Waals surface area contributed by atoms with E-state index in [1.165, 1.54) is 167 Å². The molecule has 0 fully saturated rings. The van der Waals surface area contributed by atoms with E-state index in [4.69, 9.17) is 37.0 Å². The van der Waals surface area contributed by atoms with Gasteiger partial charge in [0.25, 0.3) is 0 Å². The lowest BCUT2D eigenvalue weighted by atomic mass is 9.99. The fraction of sp³-hybridized carbons (Fsp3) is 0.897. The van der Waals surface area contributed by atoms with Crippen LogP contribution in [0.25, 0.3) is 0 Å². The molecule has 0 aliphatic rings. The van der Waals surface area contributed by atoms with Gasteiger partial charge in [0.05, 0.1) is 26.4 Å². The molecule has 572 valence electrons. The number of ether oxygens (including phenoxy) is 4. The first-order valence-electron chi connectivity index (χ1n) is 39.7. The molecule has 0 saturated carbocycles. The van der Waals surface area contributed by atoms with Crippen LogP contribution in [0.3, 0.4) is 0 Å². The van der Waals surface area contributed by atoms with Crippen molar-refractivity contribution < 1.29 is 80.2 Å². The van der Waals surface area contributed by atoms with E-state index in [-0.39, 0.29) is 25.7 Å². The average Bonchev–Trinajstić information content (AvgIpc) is 2.75. The number of rotatable bonds is 74. The van der Waals surface area contributed by atoms with Gasteiger partial charge in [-0.1, -0.05) is 323 Å². The second-order valence-corrected chi connectivity index (χ2v) is 31.5. The minimum atomic E-state index is -4.96. The highest BCUT2D eigenvalue weighted by Gasteiger charge is 2.30. The average molecular weight is 1420 g/mol. The zero-order chi connectivity index (χ0) is 71.6. The molecule has 4 unspecified atom stereocenters. The van der Waals surface area contributed by atoms with Crippen LogP contribution in [0.15, 0.2) is 24.3 Å². The van der Waals surface area contributed by atoms with Crippen LogP contribution in [0.1, 0.15) is 376 Å². The van der Waals surface area contributed by atoms with Crippen molar-refractivity contribution in [2.45, 2.75) is 394 Å². The SMILES string of the molecule is CCCCCC/C=C\C=C/CCCCCCCC(=O)O[C@H](COC(=O)CCCCCCCCCC(C)C)COP(=O)(O)OCC(O)COP(=O)(O)OC[C@@H](COC(=O)CCCCCCCCCCCCCCCCCC(C)C)OC(=O)CCCCCCCCCCCCC(C)CC. The predicted molar refractivity (Wildman–Crippen MR) is 395 cm³/mol. The maximum Gasteiger partial charge on any atom is 0.472 e. The number of aliphatic hydroxyl groups excluding tert-OH is 1. The fourth-order valence-corrected chi connectivity index (χ4v) is 13.0. The first-order chi connectivity index (χ1) is 46.8. The molecule has 0 aliphatic carbocycles. The second kappa shape index (κ2) is 68.0. The van der Waals surface area contributed by atoms with Gasteiger partial charge in [-0.15, -0.1) is 0 Å². The summed E-state index contributed by atoms with van der Waals surface area (Å²) in [6.45, 7) is 11.8. The molecule has 97 heavy (non-hydrogen) atoms. The highest BCUT2D eigenvalue weighted by molar-refractivity contribution is 7.47. The third-order valence-electron chi connectivity index (χ3n) is 17.9. The lowest BCUT2D eigenvalue weighted by Gasteiger charge is -2.21. The first-order valence-corrected chi connectivity index (χ1v) is 42.7. The molecule has 0 radical (unpaired) electrons. The monoisotopic (exact) mass is 1420 g/mol. The molecular weight excluding hydrogens is 1270 g/mol. The van der Waals surface area contributed by atoms with Crippen LogP contribution in [-0.2, 0) is 65.4 Å². The number of hydrogen-bond donors (Lipinski definition) is 3. The molecule has 6 atom stereocenters. The maximum absolute atomic E-state index is 13.1. The van der Waals surface area contributed by atoms with E-state index in [0.717, 1.165) is 121 Å². The van der Waals surface area contributed by atoms with E-state index in [0.29, 0.717) is 31.6 Å². The number of unbranched alkanes of at least 4 members (excludes halogenated alkanes) is 38. The number of phosphoric acid groups is 2. The second-order valence-electron chi connectivity index (χ2n) is 28.6. The lowest BCUT2D eigenvalue weighted by Crippen LogP contribution is -2.30. The van der Waals surface area contributed by atoms with Crippen molar-refractivity contribution in [1.29, 1.82) is 0 Å². The molecule has 0 aromatic heterocycles. The van der Waals surface area contributed by atoms with Gasteiger partial charge < -0.3 is 33.8 Å². The Kier molecular flexibility index (Phi) is 66.3. The molecule has 0 aromatic rings. The van der Waals surface area contributed by atoms with E-state index in [2.05, 4.69) is 72.8 Å². The Bertz CT molecular complexity index is 1980. The summed E-state index contributed by atoms with van der Waals surface area (Å²) < 4.78 is 68.5. The van der Waals surface area contributed by atoms with E-state index >= 15 is 0 Å². The van der Waals surface area contributed by atoms with Crippen molar-refractivity contribution in [2.75, 3.05) is 39.6 Å². The van der Waals surface area contributed by atoms with Gasteiger partial charge in [0.1, 0.15) is 19.3 Å². The minimum absolute atomic E-state index is 0.0840. The van der Waals surface area contributed by atoms with E-state index in [1.807, 2.05) is 0 Å². The summed E-state index contributed by atoms with van der Waals surface area (Å²) in [4.78, 5) is 72.9. The zero-order valence-corrected chi connectivity index (χ0v) is 64.8. The normalized spacial score (nSPS) is 14.5. The molecule has 0 aromatic carbocycles. The van der Waals surface area contributed by atoms with E-state index in [1.54, 1.807) is 0 Å². The number of phosphoric ester groups is 2. The van der Waals surface area contributed by atoms with Crippen molar-refractivity contribution in [3.8, 4) is 0 Å². The molecule has 0 spiro atoms. The van der Waals surface area contributed by atoms with Gasteiger partial charge in [0, 0.05) is 25.7 Å². The Hall–Kier alpha value is -2.46. The molecule has 0 amide bonds. The first kappa shape index (κ1) is 94.5. The molecule has 3 N–H and O–H groups in total. The smallest absolute Gasteiger partial charge is 0.462 e. The highest BCUT2D eigenvalue weighted by Crippen LogP contribution is 2.45. The number of allylic oxidation sites excluding steroid dienone is 4. The summed E-state index contributed by atoms with van der Waals surface area (Å²) >= 11 is 0. The molecule has 19 heteroatoms. The van der Waals surface area contributed by atoms with Gasteiger partial charge in [-0.2, -0.15) is 0 Å². The largest absolute Gasteiger partial charge is 0.472 e. The quantitative estimate of drug-likeness (QED) is 0.0169. The Balaban J connectivity index is 5.27. The van der Waals surface area contributed by atoms with E-state index in [9.17, 15) is 43.2 Å². The predicted octanol–water partition coefficient (Wildman–Crippen LogP) is 22.5. The summed E-state index contributed by atoms with van der Waals surface area (Å²) in [6, 6.07) is 0. The summed E-state index contributed by atoms with van der Waals surface area (Å²) in [7, 11) is -9.93. The molecule has 0 saturated heterocycles. The van der Waals surface area contributed by atoms with Gasteiger partial charge in [-0.05, 0) is 69.1 Å². The Morgan fingerprint density at radius 2 is 0.608 bits per heavy atom. The third kappa shape index (κ3) is 70.4. The van der Waals surface area contributed by atoms with Crippen LogP contribution in [0, 0.1) is 17.8 Å². The van der Waals surface area contributed by atoms with Gasteiger partial charge in [-0.25, -0.2) is 9.13 Å². The van der Waals surface area contributed by atoms with Crippen molar-refractivity contribution in [1.82, 2.24) is 0 Å². The standard InChI is InChI=1S/C78H148O17P2/c1-8-10-11-12-13-14-15-16-18-23-26-32-39-47-54-61-77(82)95-74(66-89-76(81)60-53-46-41-34-36-43-50-57-70(5)6)68-93-97(86,87)91-64-72(79)63-90-96(84,85)92-67-73(94-78(83)62-55-48-40-33-28-27-30-37-44-51-58-71(7)9-2)65-88-75(80)59-52-45-38-31-25-22-20-17-19-21-24-29-35-42-49-56-69(3)4/h14-16,18,69-74,79H,8-13,17,19-68H2,1-7H3,(H,84,85)(H,86,87)/b15-14-,18-16-/t71?,72?,73-,74-/m1/s1. The van der Waals surface area contributed by atoms with Crippen molar-refractivity contribution >= 4 is 39.5 Å². The topological polar surface area (TPSA) is 237 Å². The zero-order valence-electron chi connectivity index (χ0n) is 63.0.